The molecule has 11 heteroatoms. The fourth-order valence-corrected chi connectivity index (χ4v) is 4.59. The fraction of sp³-hybridized carbons (Fsp3) is 0.292. The lowest BCUT2D eigenvalue weighted by molar-refractivity contribution is -0.139. The first-order chi connectivity index (χ1) is 16.9. The Morgan fingerprint density at radius 2 is 1.83 bits per heavy atom. The lowest BCUT2D eigenvalue weighted by Gasteiger charge is -2.28. The smallest absolute Gasteiger partial charge is 0.359 e. The van der Waals surface area contributed by atoms with Gasteiger partial charge in [0.2, 0.25) is 0 Å². The molecule has 3 aromatic rings. The summed E-state index contributed by atoms with van der Waals surface area (Å²) in [5, 5.41) is 12.1. The van der Waals surface area contributed by atoms with Gasteiger partial charge in [-0.25, -0.2) is 19.1 Å². The molecule has 0 aliphatic carbocycles. The number of hydrogen-bond acceptors (Lipinski definition) is 8. The van der Waals surface area contributed by atoms with Gasteiger partial charge in [-0.05, 0) is 30.9 Å². The van der Waals surface area contributed by atoms with Crippen LogP contribution in [-0.2, 0) is 20.8 Å². The molecule has 1 atom stereocenters. The van der Waals surface area contributed by atoms with Crippen molar-refractivity contribution in [1.29, 1.82) is 0 Å². The summed E-state index contributed by atoms with van der Waals surface area (Å²) in [4.78, 5) is 51.7. The third kappa shape index (κ3) is 4.94. The highest BCUT2D eigenvalue weighted by Gasteiger charge is 2.35. The van der Waals surface area contributed by atoms with E-state index >= 15 is 0 Å². The summed E-state index contributed by atoms with van der Waals surface area (Å²) in [6.45, 7) is 3.65. The quantitative estimate of drug-likeness (QED) is 0.459. The molecule has 0 saturated carbocycles. The molecule has 2 N–H and O–H groups in total. The van der Waals surface area contributed by atoms with E-state index in [4.69, 9.17) is 9.47 Å². The van der Waals surface area contributed by atoms with Crippen LogP contribution in [0.5, 0.6) is 0 Å². The van der Waals surface area contributed by atoms with Crippen molar-refractivity contribution in [2.45, 2.75) is 32.9 Å². The summed E-state index contributed by atoms with van der Waals surface area (Å²) in [5.41, 5.74) is -0.0571. The van der Waals surface area contributed by atoms with Crippen molar-refractivity contribution in [3.8, 4) is 0 Å². The minimum Gasteiger partial charge on any atom is -0.463 e. The zero-order valence-corrected chi connectivity index (χ0v) is 20.0. The summed E-state index contributed by atoms with van der Waals surface area (Å²) in [5.74, 6) is -1.42. The largest absolute Gasteiger partial charge is 0.463 e. The van der Waals surface area contributed by atoms with Crippen LogP contribution < -0.4 is 16.2 Å². The summed E-state index contributed by atoms with van der Waals surface area (Å²) < 4.78 is 11.9. The maximum Gasteiger partial charge on any atom is 0.359 e. The van der Waals surface area contributed by atoms with Crippen molar-refractivity contribution in [3.05, 3.63) is 74.0 Å². The molecule has 2 aromatic heterocycles. The molecule has 182 valence electrons. The van der Waals surface area contributed by atoms with E-state index in [1.807, 2.05) is 12.3 Å². The van der Waals surface area contributed by atoms with Crippen LogP contribution in [-0.4, -0.2) is 41.0 Å². The van der Waals surface area contributed by atoms with Gasteiger partial charge in [0.15, 0.2) is 5.69 Å². The highest BCUT2D eigenvalue weighted by atomic mass is 32.1. The van der Waals surface area contributed by atoms with Crippen LogP contribution in [0.2, 0.25) is 0 Å². The molecule has 3 heterocycles. The highest BCUT2D eigenvalue weighted by molar-refractivity contribution is 7.10. The van der Waals surface area contributed by atoms with E-state index in [1.54, 1.807) is 43.3 Å². The van der Waals surface area contributed by atoms with Gasteiger partial charge in [-0.1, -0.05) is 31.2 Å². The van der Waals surface area contributed by atoms with Crippen molar-refractivity contribution in [2.75, 3.05) is 13.2 Å². The summed E-state index contributed by atoms with van der Waals surface area (Å²) in [6.07, 6.45) is 0.651. The topological polar surface area (TPSA) is 129 Å². The minimum atomic E-state index is -0.790. The summed E-state index contributed by atoms with van der Waals surface area (Å²) in [7, 11) is 0. The molecule has 1 aromatic carbocycles. The van der Waals surface area contributed by atoms with Crippen LogP contribution in [0.15, 0.2) is 57.8 Å². The molecule has 0 spiro atoms. The first-order valence-electron chi connectivity index (χ1n) is 11.1. The van der Waals surface area contributed by atoms with E-state index < -0.39 is 30.6 Å². The Balaban J connectivity index is 1.69. The highest BCUT2D eigenvalue weighted by Crippen LogP contribution is 2.30. The third-order valence-corrected chi connectivity index (χ3v) is 6.26. The predicted octanol–water partition coefficient (Wildman–Crippen LogP) is 2.90. The normalized spacial score (nSPS) is 15.5. The SMILES string of the molecule is CCCn1nc(C(=O)OCC2=C(C(=O)OCC)[C@H](c3cccs3)NC(=O)N2)c2ccccc2c1=O. The van der Waals surface area contributed by atoms with Crippen LogP contribution in [0.25, 0.3) is 10.8 Å². The Hall–Kier alpha value is -3.99. The molecule has 2 amide bonds. The van der Waals surface area contributed by atoms with Crippen LogP contribution in [0.1, 0.15) is 41.7 Å². The molecule has 0 bridgehead atoms. The number of esters is 2. The van der Waals surface area contributed by atoms with E-state index in [9.17, 15) is 19.2 Å². The second-order valence-electron chi connectivity index (χ2n) is 7.66. The van der Waals surface area contributed by atoms with Gasteiger partial charge in [-0.15, -0.1) is 11.3 Å². The molecule has 0 saturated heterocycles. The predicted molar refractivity (Wildman–Crippen MR) is 129 cm³/mol. The molecule has 10 nitrogen and oxygen atoms in total. The Morgan fingerprint density at radius 3 is 2.51 bits per heavy atom. The molecule has 35 heavy (non-hydrogen) atoms. The van der Waals surface area contributed by atoms with Gasteiger partial charge >= 0.3 is 18.0 Å². The fourth-order valence-electron chi connectivity index (χ4n) is 3.81. The van der Waals surface area contributed by atoms with Crippen LogP contribution in [0, 0.1) is 0 Å². The number of nitrogens with zero attached hydrogens (tertiary/aromatic N) is 2. The molecule has 1 aliphatic rings. The maximum atomic E-state index is 13.1. The molecular weight excluding hydrogens is 472 g/mol. The number of urea groups is 1. The second kappa shape index (κ2) is 10.5. The minimum absolute atomic E-state index is 0.0259. The molecule has 0 radical (unpaired) electrons. The standard InChI is InChI=1S/C24H24N4O6S/c1-3-11-28-21(29)15-9-6-5-8-14(15)19(27-28)23(31)34-13-16-18(22(30)33-4-2)20(26-24(32)25-16)17-10-7-12-35-17/h5-10,12,20H,3-4,11,13H2,1-2H3,(H2,25,26,32)/t20-/m0/s1. The Kier molecular flexibility index (Phi) is 7.25. The van der Waals surface area contributed by atoms with Crippen LogP contribution in [0.4, 0.5) is 4.79 Å². The van der Waals surface area contributed by atoms with E-state index in [-0.39, 0.29) is 29.1 Å². The van der Waals surface area contributed by atoms with Crippen molar-refractivity contribution in [2.24, 2.45) is 0 Å². The number of carbonyl (C=O) groups excluding carboxylic acids is 3. The van der Waals surface area contributed by atoms with E-state index in [0.29, 0.717) is 23.7 Å². The van der Waals surface area contributed by atoms with Gasteiger partial charge in [0.25, 0.3) is 5.56 Å². The number of carbonyl (C=O) groups is 3. The van der Waals surface area contributed by atoms with Gasteiger partial charge in [0.1, 0.15) is 6.61 Å². The van der Waals surface area contributed by atoms with E-state index in [0.717, 1.165) is 4.88 Å². The van der Waals surface area contributed by atoms with Gasteiger partial charge < -0.3 is 20.1 Å². The number of rotatable bonds is 8. The Labute approximate surface area is 204 Å². The zero-order valence-electron chi connectivity index (χ0n) is 19.2. The lowest BCUT2D eigenvalue weighted by Crippen LogP contribution is -2.47. The number of amides is 2. The number of thiophene rings is 1. The average Bonchev–Trinajstić information content (AvgIpc) is 3.39. The van der Waals surface area contributed by atoms with Gasteiger partial charge in [-0.3, -0.25) is 4.79 Å². The monoisotopic (exact) mass is 496 g/mol. The second-order valence-corrected chi connectivity index (χ2v) is 8.64. The number of benzene rings is 1. The summed E-state index contributed by atoms with van der Waals surface area (Å²) in [6, 6.07) is 8.96. The number of nitrogens with one attached hydrogen (secondary N) is 2. The number of aryl methyl sites for hydroxylation is 1. The van der Waals surface area contributed by atoms with Gasteiger partial charge in [0, 0.05) is 16.8 Å². The molecule has 0 fully saturated rings. The summed E-state index contributed by atoms with van der Waals surface area (Å²) >= 11 is 1.37. The number of hydrogen-bond donors (Lipinski definition) is 2. The molecule has 4 rings (SSSR count). The Morgan fingerprint density at radius 1 is 1.06 bits per heavy atom. The number of aromatic nitrogens is 2. The van der Waals surface area contributed by atoms with Crippen LogP contribution >= 0.6 is 11.3 Å². The maximum absolute atomic E-state index is 13.1. The molecular formula is C24H24N4O6S. The first-order valence-corrected chi connectivity index (χ1v) is 12.0. The Bertz CT molecular complexity index is 1360. The van der Waals surface area contributed by atoms with Crippen molar-refractivity contribution >= 4 is 40.1 Å². The van der Waals surface area contributed by atoms with Gasteiger partial charge in [0.05, 0.1) is 29.3 Å². The van der Waals surface area contributed by atoms with E-state index in [1.165, 1.54) is 16.0 Å². The molecule has 0 unspecified atom stereocenters. The number of fused-ring (bicyclic) bond motifs is 1. The van der Waals surface area contributed by atoms with Crippen molar-refractivity contribution in [1.82, 2.24) is 20.4 Å². The van der Waals surface area contributed by atoms with Crippen molar-refractivity contribution in [3.63, 3.8) is 0 Å². The van der Waals surface area contributed by atoms with E-state index in [2.05, 4.69) is 15.7 Å². The average molecular weight is 497 g/mol. The zero-order chi connectivity index (χ0) is 24.9. The third-order valence-electron chi connectivity index (χ3n) is 5.32. The van der Waals surface area contributed by atoms with Crippen molar-refractivity contribution < 1.29 is 23.9 Å². The lowest BCUT2D eigenvalue weighted by atomic mass is 10.0. The van der Waals surface area contributed by atoms with Gasteiger partial charge in [-0.2, -0.15) is 5.10 Å². The first kappa shape index (κ1) is 24.1. The number of ether oxygens (including phenoxy) is 2. The molecule has 1 aliphatic heterocycles. The van der Waals surface area contributed by atoms with Crippen LogP contribution in [0.3, 0.4) is 0 Å².